The standard InChI is InChI=1S/C35H36Cl2FN7O3/c1-48-35-21(17-40-19-23-10-13-30(47)43-23)8-11-27(45-35)26-6-3-5-24(31(26)36)25-14-15-41-34(32(25)37)44-28-7-2-4-20(33(28)38)16-39-18-22-9-12-29(46)42-22/h2-8,11,14-15,22-23,39-40H,9-10,12-13,16-19H2,1H3,(H,41,44)(H,42,46)(H,43,47)/t22-,23+/m1/s1. The zero-order chi connectivity index (χ0) is 33.6. The van der Waals surface area contributed by atoms with Gasteiger partial charge in [-0.1, -0.05) is 59.6 Å². The lowest BCUT2D eigenvalue weighted by atomic mass is 10.0. The molecule has 0 radical (unpaired) electrons. The van der Waals surface area contributed by atoms with Crippen LogP contribution in [0.25, 0.3) is 22.4 Å². The minimum absolute atomic E-state index is 0.0439. The highest BCUT2D eigenvalue weighted by atomic mass is 35.5. The molecule has 2 fully saturated rings. The second-order valence-corrected chi connectivity index (χ2v) is 12.6. The summed E-state index contributed by atoms with van der Waals surface area (Å²) in [6.45, 7) is 2.04. The van der Waals surface area contributed by atoms with Crippen LogP contribution in [0.3, 0.4) is 0 Å². The van der Waals surface area contributed by atoms with Crippen LogP contribution in [-0.4, -0.2) is 54.1 Å². The van der Waals surface area contributed by atoms with E-state index < -0.39 is 5.82 Å². The molecule has 250 valence electrons. The molecule has 10 nitrogen and oxygen atoms in total. The lowest BCUT2D eigenvalue weighted by molar-refractivity contribution is -0.120. The van der Waals surface area contributed by atoms with Gasteiger partial charge in [0.1, 0.15) is 5.82 Å². The van der Waals surface area contributed by atoms with Crippen molar-refractivity contribution in [1.82, 2.24) is 31.2 Å². The molecule has 2 aromatic carbocycles. The number of aromatic nitrogens is 2. The number of hydrogen-bond donors (Lipinski definition) is 5. The molecule has 0 unspecified atom stereocenters. The number of rotatable bonds is 13. The quantitative estimate of drug-likeness (QED) is 0.120. The molecule has 2 saturated heterocycles. The SMILES string of the molecule is COc1nc(-c2cccc(-c3ccnc(Nc4cccc(CNC[C@H]5CCC(=O)N5)c4F)c3Cl)c2Cl)ccc1CNC[C@@H]1CCC(=O)N1. The van der Waals surface area contributed by atoms with Gasteiger partial charge in [0, 0.05) is 85.1 Å². The molecule has 0 spiro atoms. The van der Waals surface area contributed by atoms with E-state index in [1.54, 1.807) is 37.6 Å². The first-order valence-corrected chi connectivity index (χ1v) is 16.6. The van der Waals surface area contributed by atoms with E-state index in [1.165, 1.54) is 0 Å². The average Bonchev–Trinajstić information content (AvgIpc) is 3.70. The minimum Gasteiger partial charge on any atom is -0.481 e. The second kappa shape index (κ2) is 15.3. The Morgan fingerprint density at radius 1 is 0.833 bits per heavy atom. The Hall–Kier alpha value is -4.29. The van der Waals surface area contributed by atoms with Gasteiger partial charge in [-0.2, -0.15) is 0 Å². The molecule has 13 heteroatoms. The molecule has 2 amide bonds. The van der Waals surface area contributed by atoms with Crippen molar-refractivity contribution in [3.8, 4) is 28.3 Å². The number of amides is 2. The normalized spacial score (nSPS) is 17.3. The van der Waals surface area contributed by atoms with Gasteiger partial charge in [0.15, 0.2) is 5.82 Å². The van der Waals surface area contributed by atoms with E-state index in [4.69, 9.17) is 32.9 Å². The summed E-state index contributed by atoms with van der Waals surface area (Å²) in [6, 6.07) is 16.4. The number of benzene rings is 2. The third kappa shape index (κ3) is 7.71. The molecule has 2 aliphatic heterocycles. The van der Waals surface area contributed by atoms with E-state index in [-0.39, 0.29) is 40.4 Å². The Morgan fingerprint density at radius 2 is 1.48 bits per heavy atom. The highest BCUT2D eigenvalue weighted by Crippen LogP contribution is 2.41. The Labute approximate surface area is 288 Å². The topological polar surface area (TPSA) is 129 Å². The summed E-state index contributed by atoms with van der Waals surface area (Å²) in [7, 11) is 1.57. The van der Waals surface area contributed by atoms with Gasteiger partial charge in [-0.25, -0.2) is 14.4 Å². The molecule has 6 rings (SSSR count). The Kier molecular flexibility index (Phi) is 10.7. The molecular weight excluding hydrogens is 656 g/mol. The molecule has 4 aromatic rings. The molecule has 2 aliphatic rings. The Bertz CT molecular complexity index is 1830. The van der Waals surface area contributed by atoms with Crippen molar-refractivity contribution in [2.75, 3.05) is 25.5 Å². The number of nitrogens with one attached hydrogen (secondary N) is 5. The number of carbonyl (C=O) groups is 2. The summed E-state index contributed by atoms with van der Waals surface area (Å²) in [5, 5.41) is 16.2. The second-order valence-electron chi connectivity index (χ2n) is 11.8. The van der Waals surface area contributed by atoms with Gasteiger partial charge in [0.25, 0.3) is 0 Å². The molecule has 0 aliphatic carbocycles. The predicted molar refractivity (Wildman–Crippen MR) is 185 cm³/mol. The van der Waals surface area contributed by atoms with Crippen LogP contribution in [0, 0.1) is 5.82 Å². The summed E-state index contributed by atoms with van der Waals surface area (Å²) in [6.07, 6.45) is 4.25. The maximum atomic E-state index is 15.5. The number of halogens is 3. The first-order chi connectivity index (χ1) is 23.3. The summed E-state index contributed by atoms with van der Waals surface area (Å²) >= 11 is 13.9. The number of methoxy groups -OCH3 is 1. The van der Waals surface area contributed by atoms with Crippen molar-refractivity contribution < 1.29 is 18.7 Å². The van der Waals surface area contributed by atoms with Gasteiger partial charge in [-0.05, 0) is 31.0 Å². The van der Waals surface area contributed by atoms with E-state index in [2.05, 4.69) is 31.6 Å². The van der Waals surface area contributed by atoms with Crippen molar-refractivity contribution in [2.24, 2.45) is 0 Å². The molecule has 5 N–H and O–H groups in total. The zero-order valence-electron chi connectivity index (χ0n) is 26.3. The summed E-state index contributed by atoms with van der Waals surface area (Å²) in [5.41, 5.74) is 4.16. The Balaban J connectivity index is 1.17. The molecule has 2 aromatic heterocycles. The number of nitrogens with zero attached hydrogens (tertiary/aromatic N) is 2. The summed E-state index contributed by atoms with van der Waals surface area (Å²) in [4.78, 5) is 32.1. The fraction of sp³-hybridized carbons (Fsp3) is 0.314. The van der Waals surface area contributed by atoms with E-state index in [9.17, 15) is 9.59 Å². The maximum absolute atomic E-state index is 15.5. The van der Waals surface area contributed by atoms with Crippen LogP contribution in [0.1, 0.15) is 36.8 Å². The largest absolute Gasteiger partial charge is 0.481 e. The summed E-state index contributed by atoms with van der Waals surface area (Å²) < 4.78 is 21.1. The summed E-state index contributed by atoms with van der Waals surface area (Å²) in [5.74, 6) is 0.453. The number of hydrogen-bond acceptors (Lipinski definition) is 8. The van der Waals surface area contributed by atoms with E-state index in [1.807, 2.05) is 30.3 Å². The van der Waals surface area contributed by atoms with Crippen LogP contribution in [0.2, 0.25) is 10.0 Å². The van der Waals surface area contributed by atoms with Crippen molar-refractivity contribution in [2.45, 2.75) is 50.9 Å². The highest BCUT2D eigenvalue weighted by Gasteiger charge is 2.22. The molecule has 0 saturated carbocycles. The van der Waals surface area contributed by atoms with Crippen LogP contribution in [0.15, 0.2) is 60.8 Å². The van der Waals surface area contributed by atoms with Crippen LogP contribution in [0.5, 0.6) is 5.88 Å². The highest BCUT2D eigenvalue weighted by molar-refractivity contribution is 6.39. The fourth-order valence-electron chi connectivity index (χ4n) is 5.97. The number of anilines is 2. The van der Waals surface area contributed by atoms with Crippen molar-refractivity contribution in [3.63, 3.8) is 0 Å². The van der Waals surface area contributed by atoms with Crippen LogP contribution in [0.4, 0.5) is 15.9 Å². The lowest BCUT2D eigenvalue weighted by Crippen LogP contribution is -2.35. The number of carbonyl (C=O) groups excluding carboxylic acids is 2. The molecule has 0 bridgehead atoms. The number of ether oxygens (including phenoxy) is 1. The molecule has 2 atom stereocenters. The third-order valence-corrected chi connectivity index (χ3v) is 9.29. The van der Waals surface area contributed by atoms with Gasteiger partial charge in [-0.3, -0.25) is 9.59 Å². The first kappa shape index (κ1) is 33.6. The predicted octanol–water partition coefficient (Wildman–Crippen LogP) is 5.75. The van der Waals surface area contributed by atoms with Gasteiger partial charge in [0.2, 0.25) is 17.7 Å². The molecular formula is C35H36Cl2FN7O3. The zero-order valence-corrected chi connectivity index (χ0v) is 27.8. The third-order valence-electron chi connectivity index (χ3n) is 8.50. The van der Waals surface area contributed by atoms with E-state index in [0.29, 0.717) is 77.9 Å². The first-order valence-electron chi connectivity index (χ1n) is 15.8. The van der Waals surface area contributed by atoms with Crippen LogP contribution < -0.4 is 31.3 Å². The van der Waals surface area contributed by atoms with Gasteiger partial charge in [-0.15, -0.1) is 0 Å². The number of pyridine rings is 2. The maximum Gasteiger partial charge on any atom is 0.220 e. The van der Waals surface area contributed by atoms with Gasteiger partial charge >= 0.3 is 0 Å². The van der Waals surface area contributed by atoms with Crippen molar-refractivity contribution in [1.29, 1.82) is 0 Å². The minimum atomic E-state index is -0.423. The van der Waals surface area contributed by atoms with E-state index >= 15 is 4.39 Å². The van der Waals surface area contributed by atoms with E-state index in [0.717, 1.165) is 18.4 Å². The lowest BCUT2D eigenvalue weighted by Gasteiger charge is -2.16. The van der Waals surface area contributed by atoms with Crippen LogP contribution >= 0.6 is 23.2 Å². The fourth-order valence-corrected chi connectivity index (χ4v) is 6.56. The smallest absolute Gasteiger partial charge is 0.220 e. The van der Waals surface area contributed by atoms with Crippen LogP contribution in [-0.2, 0) is 22.7 Å². The monoisotopic (exact) mass is 691 g/mol. The molecule has 48 heavy (non-hydrogen) atoms. The van der Waals surface area contributed by atoms with Crippen molar-refractivity contribution in [3.05, 3.63) is 87.8 Å². The Morgan fingerprint density at radius 3 is 2.15 bits per heavy atom. The average molecular weight is 693 g/mol. The van der Waals surface area contributed by atoms with Crippen molar-refractivity contribution >= 4 is 46.5 Å². The van der Waals surface area contributed by atoms with Gasteiger partial charge in [0.05, 0.1) is 28.5 Å². The molecule has 4 heterocycles. The van der Waals surface area contributed by atoms with Gasteiger partial charge < -0.3 is 31.3 Å².